The van der Waals surface area contributed by atoms with Crippen molar-refractivity contribution in [3.05, 3.63) is 23.7 Å². The zero-order valence-corrected chi connectivity index (χ0v) is 7.68. The fraction of sp³-hybridized carbons (Fsp3) is 0.500. The summed E-state index contributed by atoms with van der Waals surface area (Å²) in [6, 6.07) is 0. The van der Waals surface area contributed by atoms with E-state index in [1.807, 2.05) is 39.8 Å². The molecule has 0 rings (SSSR count). The van der Waals surface area contributed by atoms with Gasteiger partial charge in [0.15, 0.2) is 0 Å². The Morgan fingerprint density at radius 2 is 1.36 bits per heavy atom. The standard InChI is InChI=1S/C8H15BO2/c1-5-7(3)10-9-11-8(4)6-2/h5-6,9H,1-4H3. The van der Waals surface area contributed by atoms with Gasteiger partial charge in [-0.3, -0.25) is 0 Å². The highest BCUT2D eigenvalue weighted by molar-refractivity contribution is 6.19. The Morgan fingerprint density at radius 1 is 1.00 bits per heavy atom. The summed E-state index contributed by atoms with van der Waals surface area (Å²) in [6.07, 6.45) is 3.79. The SMILES string of the molecule is CC=C(C)OBOC(C)=CC. The fourth-order valence-electron chi connectivity index (χ4n) is 0.382. The van der Waals surface area contributed by atoms with Crippen molar-refractivity contribution < 1.29 is 9.31 Å². The molecule has 0 aliphatic carbocycles. The fourth-order valence-corrected chi connectivity index (χ4v) is 0.382. The Balaban J connectivity index is 3.43. The van der Waals surface area contributed by atoms with E-state index in [4.69, 9.17) is 9.31 Å². The van der Waals surface area contributed by atoms with E-state index in [0.29, 0.717) is 7.69 Å². The summed E-state index contributed by atoms with van der Waals surface area (Å²) >= 11 is 0. The van der Waals surface area contributed by atoms with E-state index >= 15 is 0 Å². The molecule has 0 N–H and O–H groups in total. The molecule has 0 amide bonds. The number of rotatable bonds is 4. The minimum Gasteiger partial charge on any atom is -0.533 e. The molecule has 0 spiro atoms. The van der Waals surface area contributed by atoms with Gasteiger partial charge in [-0.25, -0.2) is 0 Å². The lowest BCUT2D eigenvalue weighted by Crippen LogP contribution is -2.01. The summed E-state index contributed by atoms with van der Waals surface area (Å²) in [6.45, 7) is 7.65. The maximum Gasteiger partial charge on any atom is 0.576 e. The maximum absolute atomic E-state index is 5.16. The third kappa shape index (κ3) is 5.58. The Labute approximate surface area is 69.2 Å². The van der Waals surface area contributed by atoms with Crippen LogP contribution in [-0.4, -0.2) is 7.69 Å². The van der Waals surface area contributed by atoms with Crippen molar-refractivity contribution in [1.29, 1.82) is 0 Å². The topological polar surface area (TPSA) is 18.5 Å². The van der Waals surface area contributed by atoms with Crippen molar-refractivity contribution in [2.45, 2.75) is 27.7 Å². The third-order valence-electron chi connectivity index (χ3n) is 1.39. The monoisotopic (exact) mass is 154 g/mol. The molecule has 0 fully saturated rings. The van der Waals surface area contributed by atoms with Crippen LogP contribution in [0.3, 0.4) is 0 Å². The molecule has 0 aromatic rings. The molecule has 2 nitrogen and oxygen atoms in total. The van der Waals surface area contributed by atoms with E-state index in [9.17, 15) is 0 Å². The second-order valence-electron chi connectivity index (χ2n) is 2.21. The van der Waals surface area contributed by atoms with Crippen LogP contribution in [0.5, 0.6) is 0 Å². The van der Waals surface area contributed by atoms with E-state index in [0.717, 1.165) is 11.5 Å². The lowest BCUT2D eigenvalue weighted by molar-refractivity contribution is 0.325. The van der Waals surface area contributed by atoms with Gasteiger partial charge in [0.05, 0.1) is 11.5 Å². The highest BCUT2D eigenvalue weighted by Gasteiger charge is 1.94. The van der Waals surface area contributed by atoms with Gasteiger partial charge < -0.3 is 9.31 Å². The van der Waals surface area contributed by atoms with Crippen LogP contribution in [-0.2, 0) is 9.31 Å². The van der Waals surface area contributed by atoms with Crippen molar-refractivity contribution in [1.82, 2.24) is 0 Å². The molecule has 62 valence electrons. The van der Waals surface area contributed by atoms with E-state index < -0.39 is 0 Å². The van der Waals surface area contributed by atoms with Gasteiger partial charge in [0.2, 0.25) is 0 Å². The van der Waals surface area contributed by atoms with Crippen LogP contribution in [0, 0.1) is 0 Å². The van der Waals surface area contributed by atoms with Crippen molar-refractivity contribution in [3.63, 3.8) is 0 Å². The summed E-state index contributed by atoms with van der Waals surface area (Å²) in [7, 11) is 0.298. The Hall–Kier alpha value is -0.855. The van der Waals surface area contributed by atoms with Crippen LogP contribution in [0.15, 0.2) is 23.7 Å². The highest BCUT2D eigenvalue weighted by atomic mass is 16.6. The Morgan fingerprint density at radius 3 is 1.64 bits per heavy atom. The third-order valence-corrected chi connectivity index (χ3v) is 1.39. The predicted octanol–water partition coefficient (Wildman–Crippen LogP) is 2.13. The molecular formula is C8H15BO2. The second-order valence-corrected chi connectivity index (χ2v) is 2.21. The zero-order chi connectivity index (χ0) is 8.69. The van der Waals surface area contributed by atoms with Gasteiger partial charge in [-0.05, 0) is 27.7 Å². The van der Waals surface area contributed by atoms with Crippen LogP contribution in [0.4, 0.5) is 0 Å². The van der Waals surface area contributed by atoms with Crippen LogP contribution >= 0.6 is 0 Å². The minimum absolute atomic E-state index is 0.298. The first-order valence-electron chi connectivity index (χ1n) is 3.72. The van der Waals surface area contributed by atoms with Gasteiger partial charge in [0.1, 0.15) is 0 Å². The summed E-state index contributed by atoms with van der Waals surface area (Å²) in [5.41, 5.74) is 0. The van der Waals surface area contributed by atoms with Crippen molar-refractivity contribution in [3.8, 4) is 0 Å². The number of hydrogen-bond acceptors (Lipinski definition) is 2. The second kappa shape index (κ2) is 5.89. The highest BCUT2D eigenvalue weighted by Crippen LogP contribution is 1.97. The average molecular weight is 154 g/mol. The maximum atomic E-state index is 5.16. The summed E-state index contributed by atoms with van der Waals surface area (Å²) in [5.74, 6) is 1.77. The molecule has 0 aromatic carbocycles. The molecule has 0 bridgehead atoms. The van der Waals surface area contributed by atoms with E-state index in [-0.39, 0.29) is 0 Å². The summed E-state index contributed by atoms with van der Waals surface area (Å²) in [4.78, 5) is 0. The molecule has 0 atom stereocenters. The number of hydrogen-bond donors (Lipinski definition) is 0. The lowest BCUT2D eigenvalue weighted by atomic mass is 10.3. The molecule has 0 aliphatic rings. The molecule has 11 heavy (non-hydrogen) atoms. The van der Waals surface area contributed by atoms with Gasteiger partial charge in [0.25, 0.3) is 0 Å². The van der Waals surface area contributed by atoms with Gasteiger partial charge in [-0.15, -0.1) is 0 Å². The predicted molar refractivity (Wildman–Crippen MR) is 48.2 cm³/mol. The molecule has 0 heterocycles. The van der Waals surface area contributed by atoms with Gasteiger partial charge in [0, 0.05) is 0 Å². The average Bonchev–Trinajstić information content (AvgIpc) is 2.04. The number of allylic oxidation sites excluding steroid dienone is 4. The van der Waals surface area contributed by atoms with Crippen LogP contribution < -0.4 is 0 Å². The Bertz CT molecular complexity index is 143. The van der Waals surface area contributed by atoms with Crippen LogP contribution in [0.2, 0.25) is 0 Å². The molecular weight excluding hydrogens is 139 g/mol. The first-order valence-corrected chi connectivity index (χ1v) is 3.72. The Kier molecular flexibility index (Phi) is 5.44. The van der Waals surface area contributed by atoms with E-state index in [2.05, 4.69) is 0 Å². The molecule has 0 radical (unpaired) electrons. The van der Waals surface area contributed by atoms with E-state index in [1.54, 1.807) is 0 Å². The molecule has 0 saturated carbocycles. The normalized spacial score (nSPS) is 12.7. The van der Waals surface area contributed by atoms with Crippen LogP contribution in [0.25, 0.3) is 0 Å². The minimum atomic E-state index is 0.298. The molecule has 0 aromatic heterocycles. The van der Waals surface area contributed by atoms with Crippen LogP contribution in [0.1, 0.15) is 27.7 Å². The summed E-state index contributed by atoms with van der Waals surface area (Å²) < 4.78 is 10.3. The largest absolute Gasteiger partial charge is 0.576 e. The van der Waals surface area contributed by atoms with Crippen molar-refractivity contribution in [2.24, 2.45) is 0 Å². The summed E-state index contributed by atoms with van der Waals surface area (Å²) in [5, 5.41) is 0. The van der Waals surface area contributed by atoms with Gasteiger partial charge in [-0.1, -0.05) is 12.2 Å². The first-order chi connectivity index (χ1) is 5.20. The first kappa shape index (κ1) is 10.1. The molecule has 3 heteroatoms. The van der Waals surface area contributed by atoms with Gasteiger partial charge in [-0.2, -0.15) is 0 Å². The van der Waals surface area contributed by atoms with E-state index in [1.165, 1.54) is 0 Å². The smallest absolute Gasteiger partial charge is 0.533 e. The zero-order valence-electron chi connectivity index (χ0n) is 7.68. The molecule has 0 saturated heterocycles. The molecule has 0 unspecified atom stereocenters. The quantitative estimate of drug-likeness (QED) is 0.456. The van der Waals surface area contributed by atoms with Gasteiger partial charge >= 0.3 is 7.69 Å². The van der Waals surface area contributed by atoms with Crippen molar-refractivity contribution >= 4 is 7.69 Å². The molecule has 0 aliphatic heterocycles. The van der Waals surface area contributed by atoms with Crippen molar-refractivity contribution in [2.75, 3.05) is 0 Å². The lowest BCUT2D eigenvalue weighted by Gasteiger charge is -2.06.